The fourth-order valence-corrected chi connectivity index (χ4v) is 2.90. The van der Waals surface area contributed by atoms with Crippen LogP contribution in [0.15, 0.2) is 30.6 Å². The molecule has 0 spiro atoms. The van der Waals surface area contributed by atoms with E-state index >= 15 is 0 Å². The number of nitrogens with zero attached hydrogens (tertiary/aromatic N) is 1. The molecule has 1 aromatic carbocycles. The van der Waals surface area contributed by atoms with E-state index < -0.39 is 0 Å². The number of benzene rings is 1. The molecule has 3 rings (SSSR count). The Labute approximate surface area is 102 Å². The highest BCUT2D eigenvalue weighted by molar-refractivity contribution is 5.88. The SMILES string of the molecule is Cc1cccc2cncc(C3CCNCC3)c12. The highest BCUT2D eigenvalue weighted by atomic mass is 14.9. The molecule has 1 fully saturated rings. The molecular formula is C15H18N2. The molecule has 1 saturated heterocycles. The lowest BCUT2D eigenvalue weighted by Gasteiger charge is -2.24. The van der Waals surface area contributed by atoms with Gasteiger partial charge in [0.15, 0.2) is 0 Å². The van der Waals surface area contributed by atoms with Gasteiger partial charge in [-0.1, -0.05) is 18.2 Å². The number of pyridine rings is 1. The van der Waals surface area contributed by atoms with E-state index in [0.717, 1.165) is 13.1 Å². The number of piperidine rings is 1. The van der Waals surface area contributed by atoms with Crippen LogP contribution in [0.3, 0.4) is 0 Å². The van der Waals surface area contributed by atoms with Gasteiger partial charge in [-0.25, -0.2) is 0 Å². The number of fused-ring (bicyclic) bond motifs is 1. The molecule has 0 radical (unpaired) electrons. The van der Waals surface area contributed by atoms with Crippen LogP contribution in [0.1, 0.15) is 29.9 Å². The van der Waals surface area contributed by atoms with Crippen molar-refractivity contribution >= 4 is 10.8 Å². The maximum Gasteiger partial charge on any atom is 0.0346 e. The van der Waals surface area contributed by atoms with Gasteiger partial charge in [-0.15, -0.1) is 0 Å². The van der Waals surface area contributed by atoms with Crippen molar-refractivity contribution in [2.75, 3.05) is 13.1 Å². The zero-order chi connectivity index (χ0) is 11.7. The molecular weight excluding hydrogens is 208 g/mol. The highest BCUT2D eigenvalue weighted by Gasteiger charge is 2.18. The second kappa shape index (κ2) is 4.46. The minimum atomic E-state index is 0.675. The van der Waals surface area contributed by atoms with Gasteiger partial charge in [0.1, 0.15) is 0 Å². The van der Waals surface area contributed by atoms with E-state index in [1.165, 1.54) is 34.7 Å². The maximum atomic E-state index is 4.41. The van der Waals surface area contributed by atoms with Crippen molar-refractivity contribution in [3.63, 3.8) is 0 Å². The summed E-state index contributed by atoms with van der Waals surface area (Å²) in [7, 11) is 0. The number of nitrogens with one attached hydrogen (secondary N) is 1. The molecule has 1 aliphatic heterocycles. The van der Waals surface area contributed by atoms with E-state index in [0.29, 0.717) is 5.92 Å². The summed E-state index contributed by atoms with van der Waals surface area (Å²) < 4.78 is 0. The van der Waals surface area contributed by atoms with Crippen LogP contribution < -0.4 is 5.32 Å². The van der Waals surface area contributed by atoms with Crippen LogP contribution in [-0.2, 0) is 0 Å². The summed E-state index contributed by atoms with van der Waals surface area (Å²) in [5.74, 6) is 0.675. The maximum absolute atomic E-state index is 4.41. The molecule has 0 unspecified atom stereocenters. The number of rotatable bonds is 1. The molecule has 88 valence electrons. The fraction of sp³-hybridized carbons (Fsp3) is 0.400. The molecule has 0 bridgehead atoms. The van der Waals surface area contributed by atoms with Gasteiger partial charge < -0.3 is 5.32 Å². The fourth-order valence-electron chi connectivity index (χ4n) is 2.90. The molecule has 17 heavy (non-hydrogen) atoms. The van der Waals surface area contributed by atoms with Gasteiger partial charge in [0.25, 0.3) is 0 Å². The van der Waals surface area contributed by atoms with E-state index in [2.05, 4.69) is 41.6 Å². The summed E-state index contributed by atoms with van der Waals surface area (Å²) >= 11 is 0. The van der Waals surface area contributed by atoms with Crippen molar-refractivity contribution in [2.45, 2.75) is 25.7 Å². The Kier molecular flexibility index (Phi) is 2.81. The third-order valence-electron chi connectivity index (χ3n) is 3.80. The monoisotopic (exact) mass is 226 g/mol. The van der Waals surface area contributed by atoms with Crippen molar-refractivity contribution in [3.8, 4) is 0 Å². The first-order valence-corrected chi connectivity index (χ1v) is 6.40. The molecule has 0 amide bonds. The summed E-state index contributed by atoms with van der Waals surface area (Å²) in [6, 6.07) is 6.48. The number of hydrogen-bond acceptors (Lipinski definition) is 2. The van der Waals surface area contributed by atoms with Gasteiger partial charge in [-0.3, -0.25) is 4.98 Å². The van der Waals surface area contributed by atoms with Gasteiger partial charge >= 0.3 is 0 Å². The van der Waals surface area contributed by atoms with Crippen molar-refractivity contribution < 1.29 is 0 Å². The molecule has 1 aromatic heterocycles. The van der Waals surface area contributed by atoms with E-state index in [-0.39, 0.29) is 0 Å². The summed E-state index contributed by atoms with van der Waals surface area (Å²) in [4.78, 5) is 4.41. The van der Waals surface area contributed by atoms with Crippen LogP contribution in [0.2, 0.25) is 0 Å². The predicted molar refractivity (Wildman–Crippen MR) is 71.3 cm³/mol. The molecule has 2 aromatic rings. The molecule has 0 saturated carbocycles. The molecule has 0 atom stereocenters. The third kappa shape index (κ3) is 1.93. The van der Waals surface area contributed by atoms with Crippen molar-refractivity contribution in [3.05, 3.63) is 41.7 Å². The molecule has 2 heterocycles. The topological polar surface area (TPSA) is 24.9 Å². The summed E-state index contributed by atoms with van der Waals surface area (Å²) in [6.45, 7) is 4.47. The van der Waals surface area contributed by atoms with Crippen LogP contribution in [0.5, 0.6) is 0 Å². The van der Waals surface area contributed by atoms with Crippen LogP contribution in [0.4, 0.5) is 0 Å². The summed E-state index contributed by atoms with van der Waals surface area (Å²) in [5, 5.41) is 6.13. The van der Waals surface area contributed by atoms with Gasteiger partial charge in [-0.2, -0.15) is 0 Å². The first-order valence-electron chi connectivity index (χ1n) is 6.40. The Morgan fingerprint density at radius 1 is 1.18 bits per heavy atom. The zero-order valence-corrected chi connectivity index (χ0v) is 10.2. The van der Waals surface area contributed by atoms with E-state index in [4.69, 9.17) is 0 Å². The molecule has 0 aliphatic carbocycles. The molecule has 2 heteroatoms. The number of aromatic nitrogens is 1. The Balaban J connectivity index is 2.14. The smallest absolute Gasteiger partial charge is 0.0346 e. The lowest BCUT2D eigenvalue weighted by atomic mass is 9.87. The second-order valence-electron chi connectivity index (χ2n) is 4.93. The van der Waals surface area contributed by atoms with Crippen LogP contribution >= 0.6 is 0 Å². The summed E-state index contributed by atoms with van der Waals surface area (Å²) in [5.41, 5.74) is 2.82. The molecule has 2 nitrogen and oxygen atoms in total. The average Bonchev–Trinajstić information content (AvgIpc) is 2.39. The van der Waals surface area contributed by atoms with Crippen molar-refractivity contribution in [1.82, 2.24) is 10.3 Å². The normalized spacial score (nSPS) is 17.5. The first kappa shape index (κ1) is 10.7. The van der Waals surface area contributed by atoms with Gasteiger partial charge in [0.2, 0.25) is 0 Å². The Morgan fingerprint density at radius 2 is 2.00 bits per heavy atom. The van der Waals surface area contributed by atoms with Gasteiger partial charge in [0.05, 0.1) is 0 Å². The van der Waals surface area contributed by atoms with E-state index in [9.17, 15) is 0 Å². The lowest BCUT2D eigenvalue weighted by molar-refractivity contribution is 0.461. The van der Waals surface area contributed by atoms with Gasteiger partial charge in [0, 0.05) is 17.8 Å². The largest absolute Gasteiger partial charge is 0.317 e. The first-order chi connectivity index (χ1) is 8.36. The highest BCUT2D eigenvalue weighted by Crippen LogP contribution is 2.32. The molecule has 1 aliphatic rings. The number of aryl methyl sites for hydroxylation is 1. The van der Waals surface area contributed by atoms with Crippen molar-refractivity contribution in [2.24, 2.45) is 0 Å². The van der Waals surface area contributed by atoms with E-state index in [1.54, 1.807) is 0 Å². The molecule has 1 N–H and O–H groups in total. The predicted octanol–water partition coefficient (Wildman–Crippen LogP) is 3.01. The Bertz CT molecular complexity index is 522. The van der Waals surface area contributed by atoms with Crippen LogP contribution in [-0.4, -0.2) is 18.1 Å². The third-order valence-corrected chi connectivity index (χ3v) is 3.80. The second-order valence-corrected chi connectivity index (χ2v) is 4.93. The minimum Gasteiger partial charge on any atom is -0.317 e. The average molecular weight is 226 g/mol. The Hall–Kier alpha value is -1.41. The van der Waals surface area contributed by atoms with Gasteiger partial charge in [-0.05, 0) is 55.3 Å². The quantitative estimate of drug-likeness (QED) is 0.808. The zero-order valence-electron chi connectivity index (χ0n) is 10.2. The number of hydrogen-bond donors (Lipinski definition) is 1. The van der Waals surface area contributed by atoms with Crippen molar-refractivity contribution in [1.29, 1.82) is 0 Å². The van der Waals surface area contributed by atoms with Crippen LogP contribution in [0, 0.1) is 6.92 Å². The Morgan fingerprint density at radius 3 is 2.82 bits per heavy atom. The lowest BCUT2D eigenvalue weighted by Crippen LogP contribution is -2.26. The summed E-state index contributed by atoms with van der Waals surface area (Å²) in [6.07, 6.45) is 6.52. The standard InChI is InChI=1S/C15H18N2/c1-11-3-2-4-13-9-17-10-14(15(11)13)12-5-7-16-8-6-12/h2-4,9-10,12,16H,5-8H2,1H3. The van der Waals surface area contributed by atoms with E-state index in [1.807, 2.05) is 6.20 Å². The minimum absolute atomic E-state index is 0.675. The van der Waals surface area contributed by atoms with Crippen LogP contribution in [0.25, 0.3) is 10.8 Å².